The third-order valence-corrected chi connectivity index (χ3v) is 8.09. The van der Waals surface area contributed by atoms with Crippen molar-refractivity contribution in [2.24, 2.45) is 22.7 Å². The number of methoxy groups -OCH3 is 1. The number of carbonyl (C=O) groups is 1. The molecule has 2 aliphatic rings. The fourth-order valence-electron chi connectivity index (χ4n) is 6.33. The first-order valence-electron chi connectivity index (χ1n) is 11.1. The largest absolute Gasteiger partial charge is 0.508 e. The quantitative estimate of drug-likeness (QED) is 0.449. The molecular formula is C27H32O5. The Morgan fingerprint density at radius 1 is 1.16 bits per heavy atom. The zero-order valence-electron chi connectivity index (χ0n) is 19.0. The fraction of sp³-hybridized carbons (Fsp3) is 0.444. The van der Waals surface area contributed by atoms with Gasteiger partial charge in [0.1, 0.15) is 11.5 Å². The first kappa shape index (κ1) is 22.7. The van der Waals surface area contributed by atoms with Gasteiger partial charge in [0.25, 0.3) is 0 Å². The van der Waals surface area contributed by atoms with Crippen molar-refractivity contribution in [1.82, 2.24) is 0 Å². The van der Waals surface area contributed by atoms with E-state index in [1.54, 1.807) is 18.2 Å². The van der Waals surface area contributed by atoms with E-state index >= 15 is 0 Å². The molecule has 0 spiro atoms. The van der Waals surface area contributed by atoms with Gasteiger partial charge in [0.15, 0.2) is 5.79 Å². The lowest BCUT2D eigenvalue weighted by Gasteiger charge is -2.46. The van der Waals surface area contributed by atoms with E-state index in [9.17, 15) is 20.1 Å². The number of carbonyl (C=O) groups excluding carboxylic acids is 1. The highest BCUT2D eigenvalue weighted by Gasteiger charge is 2.79. The molecule has 0 aliphatic heterocycles. The summed E-state index contributed by atoms with van der Waals surface area (Å²) in [5.74, 6) is -2.24. The predicted octanol–water partition coefficient (Wildman–Crippen LogP) is 4.11. The van der Waals surface area contributed by atoms with Gasteiger partial charge in [-0.1, -0.05) is 62.4 Å². The van der Waals surface area contributed by atoms with Crippen LogP contribution in [0.15, 0.2) is 60.7 Å². The van der Waals surface area contributed by atoms with Crippen molar-refractivity contribution in [3.05, 3.63) is 66.2 Å². The number of ketones is 1. The van der Waals surface area contributed by atoms with Gasteiger partial charge in [-0.2, -0.15) is 0 Å². The van der Waals surface area contributed by atoms with Crippen LogP contribution < -0.4 is 0 Å². The van der Waals surface area contributed by atoms with Gasteiger partial charge >= 0.3 is 0 Å². The third kappa shape index (κ3) is 2.99. The summed E-state index contributed by atoms with van der Waals surface area (Å²) in [5, 5.41) is 31.3. The Balaban J connectivity index is 1.61. The molecule has 0 amide bonds. The van der Waals surface area contributed by atoms with Crippen LogP contribution in [0.1, 0.15) is 32.3 Å². The van der Waals surface area contributed by atoms with E-state index in [2.05, 4.69) is 6.58 Å². The van der Waals surface area contributed by atoms with Crippen LogP contribution in [0.3, 0.4) is 0 Å². The van der Waals surface area contributed by atoms with Gasteiger partial charge in [-0.3, -0.25) is 4.79 Å². The minimum atomic E-state index is -1.67. The first-order valence-corrected chi connectivity index (χ1v) is 11.1. The number of phenols is 1. The van der Waals surface area contributed by atoms with Crippen molar-refractivity contribution >= 4 is 5.78 Å². The lowest BCUT2D eigenvalue weighted by atomic mass is 9.58. The van der Waals surface area contributed by atoms with Gasteiger partial charge < -0.3 is 20.1 Å². The summed E-state index contributed by atoms with van der Waals surface area (Å²) < 4.78 is 5.63. The highest BCUT2D eigenvalue weighted by atomic mass is 16.6. The van der Waals surface area contributed by atoms with Gasteiger partial charge in [0.05, 0.1) is 5.41 Å². The van der Waals surface area contributed by atoms with Crippen LogP contribution in [0, 0.1) is 22.7 Å². The van der Waals surface area contributed by atoms with Crippen molar-refractivity contribution in [1.29, 1.82) is 0 Å². The van der Waals surface area contributed by atoms with Crippen molar-refractivity contribution < 1.29 is 24.9 Å². The summed E-state index contributed by atoms with van der Waals surface area (Å²) in [6.45, 7) is 7.99. The van der Waals surface area contributed by atoms with E-state index in [-0.39, 0.29) is 30.5 Å². The molecule has 2 aromatic rings. The molecule has 3 N–H and O–H groups in total. The molecule has 0 heterocycles. The maximum Gasteiger partial charge on any atom is 0.185 e. The molecule has 2 aromatic carbocycles. The first-order chi connectivity index (χ1) is 15.1. The molecule has 5 nitrogen and oxygen atoms in total. The normalized spacial score (nSPS) is 30.6. The number of rotatable bonds is 7. The number of hydrogen-bond acceptors (Lipinski definition) is 5. The summed E-state index contributed by atoms with van der Waals surface area (Å²) >= 11 is 0. The molecule has 4 rings (SSSR count). The lowest BCUT2D eigenvalue weighted by molar-refractivity contribution is -0.253. The molecule has 0 aromatic heterocycles. The zero-order chi connectivity index (χ0) is 23.3. The molecule has 170 valence electrons. The summed E-state index contributed by atoms with van der Waals surface area (Å²) in [4.78, 5) is 13.8. The Bertz CT molecular complexity index is 1060. The SMILES string of the molecule is C=C1[C@H]2[C@@H](CO)C[C@@](C(=O)CCc3cccc(-c4cccc(O)c4)c3)(C1(C)C)[C@]2(O)OC. The molecule has 2 aliphatic carbocycles. The molecule has 2 saturated carbocycles. The smallest absolute Gasteiger partial charge is 0.185 e. The van der Waals surface area contributed by atoms with E-state index in [1.807, 2.05) is 44.2 Å². The molecule has 0 saturated heterocycles. The Morgan fingerprint density at radius 2 is 1.81 bits per heavy atom. The minimum Gasteiger partial charge on any atom is -0.508 e. The van der Waals surface area contributed by atoms with Gasteiger partial charge in [0.2, 0.25) is 0 Å². The molecule has 32 heavy (non-hydrogen) atoms. The molecule has 5 heteroatoms. The van der Waals surface area contributed by atoms with E-state index in [0.29, 0.717) is 12.8 Å². The highest BCUT2D eigenvalue weighted by molar-refractivity contribution is 5.89. The van der Waals surface area contributed by atoms with Gasteiger partial charge in [-0.15, -0.1) is 0 Å². The van der Waals surface area contributed by atoms with E-state index in [4.69, 9.17) is 4.74 Å². The highest BCUT2D eigenvalue weighted by Crippen LogP contribution is 2.73. The number of aryl methyl sites for hydroxylation is 1. The lowest BCUT2D eigenvalue weighted by Crippen LogP contribution is -2.55. The number of aliphatic hydroxyl groups is 2. The summed E-state index contributed by atoms with van der Waals surface area (Å²) in [5.41, 5.74) is 1.85. The zero-order valence-corrected chi connectivity index (χ0v) is 19.0. The molecule has 0 unspecified atom stereocenters. The van der Waals surface area contributed by atoms with E-state index in [1.165, 1.54) is 7.11 Å². The Hall–Kier alpha value is -2.47. The van der Waals surface area contributed by atoms with Crippen LogP contribution in [-0.2, 0) is 16.0 Å². The minimum absolute atomic E-state index is 0.0609. The molecule has 0 radical (unpaired) electrons. The number of benzene rings is 2. The Morgan fingerprint density at radius 3 is 2.44 bits per heavy atom. The van der Waals surface area contributed by atoms with Gasteiger partial charge in [-0.05, 0) is 47.6 Å². The van der Waals surface area contributed by atoms with Crippen molar-refractivity contribution in [2.75, 3.05) is 13.7 Å². The summed E-state index contributed by atoms with van der Waals surface area (Å²) in [6, 6.07) is 15.0. The maximum absolute atomic E-state index is 13.8. The summed E-state index contributed by atoms with van der Waals surface area (Å²) in [6.07, 6.45) is 1.15. The van der Waals surface area contributed by atoms with Crippen LogP contribution in [0.5, 0.6) is 5.75 Å². The van der Waals surface area contributed by atoms with Crippen LogP contribution in [0.2, 0.25) is 0 Å². The topological polar surface area (TPSA) is 87.0 Å². The molecule has 2 bridgehead atoms. The van der Waals surface area contributed by atoms with Crippen molar-refractivity contribution in [2.45, 2.75) is 38.9 Å². The average Bonchev–Trinajstić information content (AvgIpc) is 3.13. The van der Waals surface area contributed by atoms with Gasteiger partial charge in [0, 0.05) is 31.5 Å². The number of phenolic OH excluding ortho intramolecular Hbond substituents is 1. The summed E-state index contributed by atoms with van der Waals surface area (Å²) in [7, 11) is 1.43. The van der Waals surface area contributed by atoms with Crippen LogP contribution in [-0.4, -0.2) is 40.6 Å². The third-order valence-electron chi connectivity index (χ3n) is 8.09. The van der Waals surface area contributed by atoms with Crippen molar-refractivity contribution in [3.8, 4) is 16.9 Å². The van der Waals surface area contributed by atoms with Crippen LogP contribution >= 0.6 is 0 Å². The second-order valence-corrected chi connectivity index (χ2v) is 9.75. The number of fused-ring (bicyclic) bond motifs is 2. The number of aliphatic hydroxyl groups excluding tert-OH is 1. The second kappa shape index (κ2) is 7.84. The van der Waals surface area contributed by atoms with E-state index in [0.717, 1.165) is 22.3 Å². The predicted molar refractivity (Wildman–Crippen MR) is 123 cm³/mol. The Labute approximate surface area is 189 Å². The second-order valence-electron chi connectivity index (χ2n) is 9.75. The number of Topliss-reactive ketones (excluding diaryl/α,β-unsaturated/α-hetero) is 1. The van der Waals surface area contributed by atoms with Gasteiger partial charge in [-0.25, -0.2) is 0 Å². The van der Waals surface area contributed by atoms with Crippen LogP contribution in [0.4, 0.5) is 0 Å². The number of hydrogen-bond donors (Lipinski definition) is 3. The van der Waals surface area contributed by atoms with Crippen LogP contribution in [0.25, 0.3) is 11.1 Å². The standard InChI is InChI=1S/C27H32O5/c1-17-24-21(16-28)15-26(25(17,2)3,27(24,31)32-4)23(30)12-11-18-7-5-8-19(13-18)20-9-6-10-22(29)14-20/h5-10,13-14,21,24,28-29,31H,1,11-12,15-16H2,2-4H3/t21-,24+,26-,27-/m1/s1. The Kier molecular flexibility index (Phi) is 5.56. The fourth-order valence-corrected chi connectivity index (χ4v) is 6.33. The molecule has 4 atom stereocenters. The monoisotopic (exact) mass is 436 g/mol. The molecular weight excluding hydrogens is 404 g/mol. The maximum atomic E-state index is 13.8. The molecule has 2 fully saturated rings. The number of ether oxygens (including phenoxy) is 1. The van der Waals surface area contributed by atoms with Crippen molar-refractivity contribution in [3.63, 3.8) is 0 Å². The van der Waals surface area contributed by atoms with E-state index < -0.39 is 22.5 Å². The average molecular weight is 437 g/mol. The number of aromatic hydroxyl groups is 1.